The molecule has 2 aliphatic rings. The number of esters is 1. The number of rotatable bonds is 3. The van der Waals surface area contributed by atoms with Crippen LogP contribution in [0.25, 0.3) is 5.69 Å². The topological polar surface area (TPSA) is 71.7 Å². The number of benzene rings is 2. The van der Waals surface area contributed by atoms with Crippen molar-refractivity contribution < 1.29 is 19.7 Å². The number of hydrogen-bond acceptors (Lipinski definition) is 4. The van der Waals surface area contributed by atoms with Crippen molar-refractivity contribution in [1.82, 2.24) is 4.57 Å². The number of carbonyl (C=O) groups excluding carboxylic acids is 1. The van der Waals surface area contributed by atoms with Crippen LogP contribution in [-0.2, 0) is 0 Å². The van der Waals surface area contributed by atoms with E-state index in [0.29, 0.717) is 11.3 Å². The lowest BCUT2D eigenvalue weighted by molar-refractivity contribution is 0.0734. The first kappa shape index (κ1) is 15.8. The van der Waals surface area contributed by atoms with Crippen molar-refractivity contribution in [3.63, 3.8) is 0 Å². The third-order valence-electron chi connectivity index (χ3n) is 5.34. The first-order valence-corrected chi connectivity index (χ1v) is 8.86. The standard InChI is InChI=1S/C22H17NO4/c24-20-18-14-10-11-15(12-14)19(18)21(25)23(20)16-8-4-5-9-17(16)27-22(26)13-6-2-1-3-7-13/h1-11,14-15,24-25H,12H2. The van der Waals surface area contributed by atoms with Gasteiger partial charge in [-0.05, 0) is 30.7 Å². The van der Waals surface area contributed by atoms with E-state index < -0.39 is 5.97 Å². The summed E-state index contributed by atoms with van der Waals surface area (Å²) >= 11 is 0. The highest BCUT2D eigenvalue weighted by Gasteiger charge is 2.41. The Morgan fingerprint density at radius 1 is 0.889 bits per heavy atom. The molecule has 2 N–H and O–H groups in total. The van der Waals surface area contributed by atoms with Gasteiger partial charge in [0.1, 0.15) is 0 Å². The van der Waals surface area contributed by atoms with Crippen molar-refractivity contribution in [2.75, 3.05) is 0 Å². The summed E-state index contributed by atoms with van der Waals surface area (Å²) in [7, 11) is 0. The summed E-state index contributed by atoms with van der Waals surface area (Å²) < 4.78 is 6.93. The average molecular weight is 359 g/mol. The van der Waals surface area contributed by atoms with Crippen molar-refractivity contribution >= 4 is 5.97 Å². The maximum Gasteiger partial charge on any atom is 0.343 e. The lowest BCUT2D eigenvalue weighted by Gasteiger charge is -2.14. The number of para-hydroxylation sites is 2. The third kappa shape index (κ3) is 2.28. The number of carbonyl (C=O) groups is 1. The molecule has 5 nitrogen and oxygen atoms in total. The largest absolute Gasteiger partial charge is 0.494 e. The van der Waals surface area contributed by atoms with Gasteiger partial charge in [0.2, 0.25) is 11.8 Å². The molecule has 1 heterocycles. The number of allylic oxidation sites excluding steroid dienone is 2. The van der Waals surface area contributed by atoms with Gasteiger partial charge in [-0.25, -0.2) is 9.36 Å². The Balaban J connectivity index is 1.58. The molecule has 2 aliphatic carbocycles. The highest BCUT2D eigenvalue weighted by atomic mass is 16.5. The summed E-state index contributed by atoms with van der Waals surface area (Å²) in [6.45, 7) is 0. The Morgan fingerprint density at radius 3 is 2.15 bits per heavy atom. The monoisotopic (exact) mass is 359 g/mol. The molecule has 5 rings (SSSR count). The van der Waals surface area contributed by atoms with E-state index in [4.69, 9.17) is 4.74 Å². The number of aromatic hydroxyl groups is 2. The van der Waals surface area contributed by atoms with Gasteiger partial charge in [0.25, 0.3) is 0 Å². The van der Waals surface area contributed by atoms with Gasteiger partial charge in [0.15, 0.2) is 5.75 Å². The lowest BCUT2D eigenvalue weighted by atomic mass is 10.0. The molecular weight excluding hydrogens is 342 g/mol. The molecule has 1 aromatic heterocycles. The molecule has 0 spiro atoms. The van der Waals surface area contributed by atoms with Crippen LogP contribution in [0.2, 0.25) is 0 Å². The average Bonchev–Trinajstić information content (AvgIpc) is 3.37. The van der Waals surface area contributed by atoms with Gasteiger partial charge in [-0.3, -0.25) is 0 Å². The number of ether oxygens (including phenoxy) is 1. The minimum absolute atomic E-state index is 0.00237. The van der Waals surface area contributed by atoms with Crippen molar-refractivity contribution in [3.8, 4) is 23.2 Å². The fourth-order valence-corrected chi connectivity index (χ4v) is 4.13. The van der Waals surface area contributed by atoms with Crippen molar-refractivity contribution in [2.24, 2.45) is 0 Å². The summed E-state index contributed by atoms with van der Waals surface area (Å²) in [5.74, 6) is 0.0203. The highest BCUT2D eigenvalue weighted by Crippen LogP contribution is 2.57. The number of aromatic nitrogens is 1. The van der Waals surface area contributed by atoms with Crippen LogP contribution in [0.3, 0.4) is 0 Å². The number of nitrogens with zero attached hydrogens (tertiary/aromatic N) is 1. The molecule has 0 amide bonds. The Kier molecular flexibility index (Phi) is 3.37. The number of hydrogen-bond donors (Lipinski definition) is 2. The molecule has 134 valence electrons. The first-order valence-electron chi connectivity index (χ1n) is 8.86. The van der Waals surface area contributed by atoms with Crippen molar-refractivity contribution in [1.29, 1.82) is 0 Å². The molecule has 0 saturated heterocycles. The van der Waals surface area contributed by atoms with Crippen LogP contribution in [0.5, 0.6) is 17.5 Å². The molecule has 0 aliphatic heterocycles. The minimum Gasteiger partial charge on any atom is -0.494 e. The number of fused-ring (bicyclic) bond motifs is 5. The molecule has 0 saturated carbocycles. The predicted octanol–water partition coefficient (Wildman–Crippen LogP) is 4.25. The second-order valence-electron chi connectivity index (χ2n) is 6.87. The SMILES string of the molecule is O=C(Oc1ccccc1-n1c(O)c2c(c1O)C1C=CC2C1)c1ccccc1. The maximum atomic E-state index is 12.5. The molecule has 3 aromatic rings. The molecule has 27 heavy (non-hydrogen) atoms. The molecular formula is C22H17NO4. The van der Waals surface area contributed by atoms with Gasteiger partial charge in [0.05, 0.1) is 11.3 Å². The van der Waals surface area contributed by atoms with Crippen LogP contribution in [0.4, 0.5) is 0 Å². The summed E-state index contributed by atoms with van der Waals surface area (Å²) in [6.07, 6.45) is 5.02. The van der Waals surface area contributed by atoms with Crippen molar-refractivity contribution in [3.05, 3.63) is 83.4 Å². The highest BCUT2D eigenvalue weighted by molar-refractivity contribution is 5.91. The zero-order valence-corrected chi connectivity index (χ0v) is 14.4. The van der Waals surface area contributed by atoms with E-state index in [1.807, 2.05) is 6.07 Å². The minimum atomic E-state index is -0.497. The lowest BCUT2D eigenvalue weighted by Crippen LogP contribution is -2.10. The smallest absolute Gasteiger partial charge is 0.343 e. The van der Waals surface area contributed by atoms with Gasteiger partial charge < -0.3 is 14.9 Å². The second kappa shape index (κ2) is 5.77. The Morgan fingerprint density at radius 2 is 1.48 bits per heavy atom. The maximum absolute atomic E-state index is 12.5. The molecule has 2 aromatic carbocycles. The second-order valence-corrected chi connectivity index (χ2v) is 6.87. The zero-order valence-electron chi connectivity index (χ0n) is 14.4. The van der Waals surface area contributed by atoms with E-state index in [1.54, 1.807) is 48.5 Å². The van der Waals surface area contributed by atoms with Crippen LogP contribution in [0.1, 0.15) is 39.7 Å². The Bertz CT molecular complexity index is 1050. The van der Waals surface area contributed by atoms with Gasteiger partial charge >= 0.3 is 5.97 Å². The summed E-state index contributed by atoms with van der Waals surface area (Å²) in [5.41, 5.74) is 2.39. The normalized spacial score (nSPS) is 19.3. The van der Waals surface area contributed by atoms with E-state index in [2.05, 4.69) is 12.2 Å². The van der Waals surface area contributed by atoms with Gasteiger partial charge in [-0.15, -0.1) is 0 Å². The van der Waals surface area contributed by atoms with E-state index in [-0.39, 0.29) is 29.3 Å². The fourth-order valence-electron chi connectivity index (χ4n) is 4.13. The van der Waals surface area contributed by atoms with E-state index >= 15 is 0 Å². The van der Waals surface area contributed by atoms with Crippen LogP contribution in [0.15, 0.2) is 66.7 Å². The molecule has 2 atom stereocenters. The van der Waals surface area contributed by atoms with Crippen LogP contribution in [-0.4, -0.2) is 20.7 Å². The van der Waals surface area contributed by atoms with Crippen molar-refractivity contribution in [2.45, 2.75) is 18.3 Å². The quantitative estimate of drug-likeness (QED) is 0.417. The van der Waals surface area contributed by atoms with Crippen LogP contribution < -0.4 is 4.74 Å². The summed E-state index contributed by atoms with van der Waals surface area (Å²) in [5, 5.41) is 21.6. The summed E-state index contributed by atoms with van der Waals surface area (Å²) in [4.78, 5) is 12.5. The van der Waals surface area contributed by atoms with E-state index in [0.717, 1.165) is 17.5 Å². The third-order valence-corrected chi connectivity index (χ3v) is 5.34. The Hall–Kier alpha value is -3.47. The summed E-state index contributed by atoms with van der Waals surface area (Å²) in [6, 6.07) is 15.6. The van der Waals surface area contributed by atoms with Crippen LogP contribution in [0, 0.1) is 0 Å². The molecule has 0 fully saturated rings. The Labute approximate surface area is 155 Å². The van der Waals surface area contributed by atoms with Gasteiger partial charge in [-0.2, -0.15) is 0 Å². The molecule has 5 heteroatoms. The fraction of sp³-hybridized carbons (Fsp3) is 0.136. The predicted molar refractivity (Wildman–Crippen MR) is 99.7 cm³/mol. The van der Waals surface area contributed by atoms with Crippen LogP contribution >= 0.6 is 0 Å². The van der Waals surface area contributed by atoms with Gasteiger partial charge in [0, 0.05) is 23.0 Å². The molecule has 0 radical (unpaired) electrons. The van der Waals surface area contributed by atoms with Gasteiger partial charge in [-0.1, -0.05) is 42.5 Å². The molecule has 2 bridgehead atoms. The molecule has 2 unspecified atom stereocenters. The first-order chi connectivity index (χ1) is 13.1. The van der Waals surface area contributed by atoms with E-state index in [9.17, 15) is 15.0 Å². The van der Waals surface area contributed by atoms with E-state index in [1.165, 1.54) is 4.57 Å². The zero-order chi connectivity index (χ0) is 18.5.